The Morgan fingerprint density at radius 2 is 2.25 bits per heavy atom. The van der Waals surface area contributed by atoms with Crippen LogP contribution in [0.3, 0.4) is 0 Å². The van der Waals surface area contributed by atoms with Crippen molar-refractivity contribution < 1.29 is 4.74 Å². The number of ether oxygens (including phenoxy) is 1. The number of aryl methyl sites for hydroxylation is 1. The summed E-state index contributed by atoms with van der Waals surface area (Å²) in [6.07, 6.45) is 3.67. The number of aromatic nitrogens is 2. The van der Waals surface area contributed by atoms with Gasteiger partial charge in [-0.05, 0) is 17.7 Å². The van der Waals surface area contributed by atoms with Gasteiger partial charge in [-0.15, -0.1) is 0 Å². The molecule has 1 atom stereocenters. The summed E-state index contributed by atoms with van der Waals surface area (Å²) in [5.41, 5.74) is 7.98. The number of imidazole rings is 1. The number of nitrogens with zero attached hydrogens (tertiary/aromatic N) is 2. The molecule has 1 heterocycles. The van der Waals surface area contributed by atoms with Gasteiger partial charge in [0.15, 0.2) is 0 Å². The highest BCUT2D eigenvalue weighted by Crippen LogP contribution is 2.21. The minimum Gasteiger partial charge on any atom is -0.497 e. The second kappa shape index (κ2) is 4.37. The van der Waals surface area contributed by atoms with E-state index >= 15 is 0 Å². The summed E-state index contributed by atoms with van der Waals surface area (Å²) in [4.78, 5) is 4.24. The van der Waals surface area contributed by atoms with Gasteiger partial charge in [-0.25, -0.2) is 4.98 Å². The fourth-order valence-corrected chi connectivity index (χ4v) is 1.60. The van der Waals surface area contributed by atoms with Gasteiger partial charge in [0.1, 0.15) is 5.75 Å². The Labute approximate surface area is 94.7 Å². The lowest BCUT2D eigenvalue weighted by Gasteiger charge is -2.10. The standard InChI is InChI=1S/C12H15N3O/c1-15-7-11(14-8-15)12(13)9-4-3-5-10(6-9)16-2/h3-8,12H,13H2,1-2H3. The summed E-state index contributed by atoms with van der Waals surface area (Å²) in [5, 5.41) is 0. The highest BCUT2D eigenvalue weighted by atomic mass is 16.5. The number of methoxy groups -OCH3 is 1. The molecule has 2 rings (SSSR count). The van der Waals surface area contributed by atoms with Crippen molar-refractivity contribution in [3.63, 3.8) is 0 Å². The number of rotatable bonds is 3. The largest absolute Gasteiger partial charge is 0.497 e. The minimum atomic E-state index is -0.212. The van der Waals surface area contributed by atoms with Crippen molar-refractivity contribution in [2.24, 2.45) is 12.8 Å². The third-order valence-electron chi connectivity index (χ3n) is 2.50. The predicted octanol–water partition coefficient (Wildman–Crippen LogP) is 1.48. The SMILES string of the molecule is COc1cccc(C(N)c2cn(C)cn2)c1. The van der Waals surface area contributed by atoms with E-state index in [4.69, 9.17) is 10.5 Å². The third kappa shape index (κ3) is 2.06. The fraction of sp³-hybridized carbons (Fsp3) is 0.250. The van der Waals surface area contributed by atoms with Crippen LogP contribution in [0.2, 0.25) is 0 Å². The van der Waals surface area contributed by atoms with Crippen molar-refractivity contribution in [1.29, 1.82) is 0 Å². The van der Waals surface area contributed by atoms with Crippen LogP contribution in [0.5, 0.6) is 5.75 Å². The molecule has 4 nitrogen and oxygen atoms in total. The molecule has 0 fully saturated rings. The molecule has 2 N–H and O–H groups in total. The minimum absolute atomic E-state index is 0.212. The Morgan fingerprint density at radius 3 is 2.88 bits per heavy atom. The van der Waals surface area contributed by atoms with Gasteiger partial charge in [0, 0.05) is 13.2 Å². The number of benzene rings is 1. The zero-order valence-electron chi connectivity index (χ0n) is 9.42. The van der Waals surface area contributed by atoms with Crippen LogP contribution in [0, 0.1) is 0 Å². The van der Waals surface area contributed by atoms with Gasteiger partial charge in [0.2, 0.25) is 0 Å². The van der Waals surface area contributed by atoms with E-state index in [1.54, 1.807) is 13.4 Å². The summed E-state index contributed by atoms with van der Waals surface area (Å²) < 4.78 is 7.05. The maximum absolute atomic E-state index is 6.12. The second-order valence-corrected chi connectivity index (χ2v) is 3.72. The first-order valence-electron chi connectivity index (χ1n) is 5.08. The average Bonchev–Trinajstić information content (AvgIpc) is 2.75. The van der Waals surface area contributed by atoms with E-state index in [0.29, 0.717) is 0 Å². The van der Waals surface area contributed by atoms with E-state index < -0.39 is 0 Å². The molecule has 0 bridgehead atoms. The Bertz CT molecular complexity index is 479. The zero-order chi connectivity index (χ0) is 11.5. The molecular formula is C12H15N3O. The Balaban J connectivity index is 2.29. The van der Waals surface area contributed by atoms with Gasteiger partial charge < -0.3 is 15.0 Å². The molecule has 0 amide bonds. The molecule has 84 valence electrons. The maximum Gasteiger partial charge on any atom is 0.119 e. The number of nitrogens with two attached hydrogens (primary N) is 1. The lowest BCUT2D eigenvalue weighted by atomic mass is 10.1. The maximum atomic E-state index is 6.12. The molecule has 0 saturated heterocycles. The van der Waals surface area contributed by atoms with E-state index in [2.05, 4.69) is 4.98 Å². The predicted molar refractivity (Wildman–Crippen MR) is 62.2 cm³/mol. The van der Waals surface area contributed by atoms with Crippen LogP contribution in [0.1, 0.15) is 17.3 Å². The van der Waals surface area contributed by atoms with Crippen molar-refractivity contribution in [1.82, 2.24) is 9.55 Å². The van der Waals surface area contributed by atoms with Crippen LogP contribution < -0.4 is 10.5 Å². The quantitative estimate of drug-likeness (QED) is 0.847. The highest BCUT2D eigenvalue weighted by Gasteiger charge is 2.11. The molecule has 0 aliphatic carbocycles. The number of hydrogen-bond donors (Lipinski definition) is 1. The molecule has 0 saturated carbocycles. The fourth-order valence-electron chi connectivity index (χ4n) is 1.60. The topological polar surface area (TPSA) is 53.1 Å². The van der Waals surface area contributed by atoms with Gasteiger partial charge in [-0.1, -0.05) is 12.1 Å². The van der Waals surface area contributed by atoms with Gasteiger partial charge >= 0.3 is 0 Å². The Morgan fingerprint density at radius 1 is 1.44 bits per heavy atom. The van der Waals surface area contributed by atoms with E-state index in [-0.39, 0.29) is 6.04 Å². The van der Waals surface area contributed by atoms with Gasteiger partial charge in [-0.3, -0.25) is 0 Å². The molecule has 0 radical (unpaired) electrons. The lowest BCUT2D eigenvalue weighted by Crippen LogP contribution is -2.12. The smallest absolute Gasteiger partial charge is 0.119 e. The van der Waals surface area contributed by atoms with Crippen LogP contribution >= 0.6 is 0 Å². The first kappa shape index (κ1) is 10.7. The molecule has 1 aromatic carbocycles. The molecule has 1 aromatic heterocycles. The summed E-state index contributed by atoms with van der Waals surface area (Å²) >= 11 is 0. The average molecular weight is 217 g/mol. The first-order chi connectivity index (χ1) is 7.70. The lowest BCUT2D eigenvalue weighted by molar-refractivity contribution is 0.414. The monoisotopic (exact) mass is 217 g/mol. The van der Waals surface area contributed by atoms with E-state index in [0.717, 1.165) is 17.0 Å². The van der Waals surface area contributed by atoms with Crippen molar-refractivity contribution in [2.45, 2.75) is 6.04 Å². The summed E-state index contributed by atoms with van der Waals surface area (Å²) in [6, 6.07) is 7.52. The summed E-state index contributed by atoms with van der Waals surface area (Å²) in [5.74, 6) is 0.809. The van der Waals surface area contributed by atoms with Crippen molar-refractivity contribution in [2.75, 3.05) is 7.11 Å². The molecule has 0 aliphatic rings. The first-order valence-corrected chi connectivity index (χ1v) is 5.08. The molecular weight excluding hydrogens is 202 g/mol. The summed E-state index contributed by atoms with van der Waals surface area (Å²) in [7, 11) is 3.57. The molecule has 1 unspecified atom stereocenters. The van der Waals surface area contributed by atoms with Gasteiger partial charge in [-0.2, -0.15) is 0 Å². The normalized spacial score (nSPS) is 12.4. The molecule has 16 heavy (non-hydrogen) atoms. The molecule has 2 aromatic rings. The molecule has 0 spiro atoms. The Kier molecular flexibility index (Phi) is 2.92. The van der Waals surface area contributed by atoms with Crippen LogP contribution in [0.15, 0.2) is 36.8 Å². The van der Waals surface area contributed by atoms with E-state index in [9.17, 15) is 0 Å². The Hall–Kier alpha value is -1.81. The third-order valence-corrected chi connectivity index (χ3v) is 2.50. The second-order valence-electron chi connectivity index (χ2n) is 3.72. The van der Waals surface area contributed by atoms with Crippen LogP contribution in [0.25, 0.3) is 0 Å². The molecule has 4 heteroatoms. The van der Waals surface area contributed by atoms with Crippen LogP contribution in [-0.4, -0.2) is 16.7 Å². The number of hydrogen-bond acceptors (Lipinski definition) is 3. The van der Waals surface area contributed by atoms with Gasteiger partial charge in [0.25, 0.3) is 0 Å². The van der Waals surface area contributed by atoms with Crippen molar-refractivity contribution >= 4 is 0 Å². The summed E-state index contributed by atoms with van der Waals surface area (Å²) in [6.45, 7) is 0. The highest BCUT2D eigenvalue weighted by molar-refractivity contribution is 5.33. The van der Waals surface area contributed by atoms with Crippen molar-refractivity contribution in [3.05, 3.63) is 48.0 Å². The zero-order valence-corrected chi connectivity index (χ0v) is 9.42. The van der Waals surface area contributed by atoms with E-state index in [1.165, 1.54) is 0 Å². The van der Waals surface area contributed by atoms with Gasteiger partial charge in [0.05, 0.1) is 25.2 Å². The van der Waals surface area contributed by atoms with Crippen molar-refractivity contribution in [3.8, 4) is 5.75 Å². The van der Waals surface area contributed by atoms with Crippen LogP contribution in [0.4, 0.5) is 0 Å². The molecule has 0 aliphatic heterocycles. The van der Waals surface area contributed by atoms with Crippen LogP contribution in [-0.2, 0) is 7.05 Å². The van der Waals surface area contributed by atoms with E-state index in [1.807, 2.05) is 42.1 Å².